The van der Waals surface area contributed by atoms with Crippen molar-refractivity contribution in [1.29, 1.82) is 0 Å². The maximum Gasteiger partial charge on any atom is 0.290 e. The topological polar surface area (TPSA) is 112 Å². The number of aliphatic hydroxyl groups excluding tert-OH is 1. The van der Waals surface area contributed by atoms with Crippen molar-refractivity contribution in [2.45, 2.75) is 25.6 Å². The van der Waals surface area contributed by atoms with Gasteiger partial charge in [-0.15, -0.1) is 0 Å². The number of benzene rings is 2. The molecule has 8 nitrogen and oxygen atoms in total. The Kier molecular flexibility index (Phi) is 10.4. The number of carbonyl (C=O) groups excluding carboxylic acids is 1. The van der Waals surface area contributed by atoms with Gasteiger partial charge in [0.2, 0.25) is 6.29 Å². The summed E-state index contributed by atoms with van der Waals surface area (Å²) in [6.45, 7) is 3.98. The molecule has 0 saturated carbocycles. The maximum atomic E-state index is 13.1. The number of nitrogen functional groups attached to an aromatic ring is 1. The number of hydrogen-bond donors (Lipinski definition) is 3. The minimum Gasteiger partial charge on any atom is -0.459 e. The first kappa shape index (κ1) is 25.7. The number of anilines is 2. The van der Waals surface area contributed by atoms with Crippen LogP contribution in [0.3, 0.4) is 0 Å². The van der Waals surface area contributed by atoms with Crippen molar-refractivity contribution >= 4 is 17.3 Å². The average molecular weight is 471 g/mol. The number of amides is 1. The standard InChI is InChI=1S/C26H34N2O6/c1-2-33-26-20(12-14-31-16-17-32-15-13-29)21(19-8-4-3-5-9-19)18-24(34-26)25(30)28-23-11-7-6-10-22(23)27/h3-11,18,20-21,26,29H,2,12-17,27H2,1H3,(H,28,30)/t20-,21+,26+/m1/s1. The average Bonchev–Trinajstić information content (AvgIpc) is 2.86. The third kappa shape index (κ3) is 7.30. The van der Waals surface area contributed by atoms with Gasteiger partial charge in [-0.3, -0.25) is 4.79 Å². The molecular weight excluding hydrogens is 436 g/mol. The summed E-state index contributed by atoms with van der Waals surface area (Å²) in [5.74, 6) is -0.335. The number of rotatable bonds is 13. The summed E-state index contributed by atoms with van der Waals surface area (Å²) >= 11 is 0. The predicted molar refractivity (Wildman–Crippen MR) is 130 cm³/mol. The van der Waals surface area contributed by atoms with E-state index in [9.17, 15) is 4.79 Å². The molecule has 2 aromatic carbocycles. The van der Waals surface area contributed by atoms with E-state index in [0.29, 0.717) is 50.8 Å². The molecule has 34 heavy (non-hydrogen) atoms. The molecule has 0 aliphatic carbocycles. The zero-order valence-corrected chi connectivity index (χ0v) is 19.5. The van der Waals surface area contributed by atoms with Crippen LogP contribution in [0.1, 0.15) is 24.8 Å². The minimum absolute atomic E-state index is 0.00663. The van der Waals surface area contributed by atoms with E-state index in [-0.39, 0.29) is 30.1 Å². The summed E-state index contributed by atoms with van der Waals surface area (Å²) in [4.78, 5) is 13.1. The molecule has 0 saturated heterocycles. The van der Waals surface area contributed by atoms with Crippen molar-refractivity contribution in [3.63, 3.8) is 0 Å². The van der Waals surface area contributed by atoms with E-state index in [4.69, 9.17) is 29.8 Å². The highest BCUT2D eigenvalue weighted by atomic mass is 16.7. The smallest absolute Gasteiger partial charge is 0.290 e. The molecule has 0 fully saturated rings. The number of ether oxygens (including phenoxy) is 4. The lowest BCUT2D eigenvalue weighted by Gasteiger charge is -2.37. The predicted octanol–water partition coefficient (Wildman–Crippen LogP) is 3.30. The van der Waals surface area contributed by atoms with E-state index in [1.807, 2.05) is 55.5 Å². The molecule has 1 aliphatic heterocycles. The Morgan fingerprint density at radius 2 is 1.74 bits per heavy atom. The summed E-state index contributed by atoms with van der Waals surface area (Å²) in [5, 5.41) is 11.6. The molecule has 0 aromatic heterocycles. The van der Waals surface area contributed by atoms with Gasteiger partial charge in [-0.1, -0.05) is 42.5 Å². The second-order valence-electron chi connectivity index (χ2n) is 7.85. The van der Waals surface area contributed by atoms with Gasteiger partial charge in [0.1, 0.15) is 0 Å². The van der Waals surface area contributed by atoms with Crippen molar-refractivity contribution < 1.29 is 28.8 Å². The van der Waals surface area contributed by atoms with Crippen molar-refractivity contribution in [3.8, 4) is 0 Å². The van der Waals surface area contributed by atoms with Crippen molar-refractivity contribution in [3.05, 3.63) is 72.0 Å². The van der Waals surface area contributed by atoms with Crippen LogP contribution in [0.15, 0.2) is 66.4 Å². The fraction of sp³-hybridized carbons (Fsp3) is 0.423. The zero-order valence-electron chi connectivity index (χ0n) is 19.5. The van der Waals surface area contributed by atoms with Gasteiger partial charge in [0.25, 0.3) is 5.91 Å². The Morgan fingerprint density at radius 3 is 2.44 bits per heavy atom. The summed E-state index contributed by atoms with van der Waals surface area (Å²) in [5.41, 5.74) is 8.06. The van der Waals surface area contributed by atoms with E-state index in [0.717, 1.165) is 5.56 Å². The van der Waals surface area contributed by atoms with Crippen LogP contribution < -0.4 is 11.1 Å². The molecular formula is C26H34N2O6. The molecule has 2 aromatic rings. The molecule has 1 heterocycles. The SMILES string of the molecule is CCO[C@H]1OC(C(=O)Nc2ccccc2N)=C[C@@H](c2ccccc2)[C@H]1CCOCCOCCO. The largest absolute Gasteiger partial charge is 0.459 e. The Bertz CT molecular complexity index is 921. The molecule has 4 N–H and O–H groups in total. The van der Waals surface area contributed by atoms with Crippen molar-refractivity contribution in [2.24, 2.45) is 5.92 Å². The van der Waals surface area contributed by atoms with E-state index in [1.54, 1.807) is 12.1 Å². The number of hydrogen-bond acceptors (Lipinski definition) is 7. The van der Waals surface area contributed by atoms with Crippen molar-refractivity contribution in [2.75, 3.05) is 50.7 Å². The first-order valence-corrected chi connectivity index (χ1v) is 11.6. The number of para-hydroxylation sites is 2. The minimum atomic E-state index is -0.608. The Labute approximate surface area is 200 Å². The van der Waals surface area contributed by atoms with Gasteiger partial charge in [0, 0.05) is 25.0 Å². The van der Waals surface area contributed by atoms with Gasteiger partial charge in [-0.05, 0) is 37.1 Å². The number of aliphatic hydroxyl groups is 1. The Morgan fingerprint density at radius 1 is 1.03 bits per heavy atom. The summed E-state index contributed by atoms with van der Waals surface area (Å²) in [6.07, 6.45) is 1.92. The summed E-state index contributed by atoms with van der Waals surface area (Å²) < 4.78 is 23.0. The highest BCUT2D eigenvalue weighted by Gasteiger charge is 2.38. The number of allylic oxidation sites excluding steroid dienone is 1. The lowest BCUT2D eigenvalue weighted by molar-refractivity contribution is -0.166. The quantitative estimate of drug-likeness (QED) is 0.304. The molecule has 8 heteroatoms. The van der Waals surface area contributed by atoms with E-state index >= 15 is 0 Å². The molecule has 3 rings (SSSR count). The Balaban J connectivity index is 1.77. The van der Waals surface area contributed by atoms with Crippen LogP contribution in [0, 0.1) is 5.92 Å². The van der Waals surface area contributed by atoms with Crippen LogP contribution >= 0.6 is 0 Å². The normalized spacial score (nSPS) is 19.8. The fourth-order valence-electron chi connectivity index (χ4n) is 3.89. The molecule has 184 valence electrons. The maximum absolute atomic E-state index is 13.1. The van der Waals surface area contributed by atoms with Crippen LogP contribution in [0.2, 0.25) is 0 Å². The second kappa shape index (κ2) is 13.7. The van der Waals surface area contributed by atoms with Gasteiger partial charge in [-0.25, -0.2) is 0 Å². The molecule has 1 amide bonds. The second-order valence-corrected chi connectivity index (χ2v) is 7.85. The highest BCUT2D eigenvalue weighted by Crippen LogP contribution is 2.39. The zero-order chi connectivity index (χ0) is 24.2. The molecule has 1 aliphatic rings. The molecule has 3 atom stereocenters. The van der Waals surface area contributed by atoms with Gasteiger partial charge in [-0.2, -0.15) is 0 Å². The first-order chi connectivity index (χ1) is 16.6. The molecule has 0 unspecified atom stereocenters. The monoisotopic (exact) mass is 470 g/mol. The molecule has 0 spiro atoms. The van der Waals surface area contributed by atoms with Crippen LogP contribution in [-0.2, 0) is 23.7 Å². The third-order valence-electron chi connectivity index (χ3n) is 5.54. The van der Waals surface area contributed by atoms with Gasteiger partial charge in [0.15, 0.2) is 5.76 Å². The molecule has 0 radical (unpaired) electrons. The van der Waals surface area contributed by atoms with Gasteiger partial charge in [0.05, 0.1) is 37.8 Å². The first-order valence-electron chi connectivity index (χ1n) is 11.6. The lowest BCUT2D eigenvalue weighted by atomic mass is 9.81. The van der Waals surface area contributed by atoms with E-state index < -0.39 is 6.29 Å². The Hall–Kier alpha value is -2.91. The van der Waals surface area contributed by atoms with Crippen molar-refractivity contribution in [1.82, 2.24) is 0 Å². The number of nitrogens with one attached hydrogen (secondary N) is 1. The van der Waals surface area contributed by atoms with Gasteiger partial charge >= 0.3 is 0 Å². The van der Waals surface area contributed by atoms with E-state index in [2.05, 4.69) is 5.32 Å². The summed E-state index contributed by atoms with van der Waals surface area (Å²) in [7, 11) is 0. The number of carbonyl (C=O) groups is 1. The number of nitrogens with two attached hydrogens (primary N) is 1. The van der Waals surface area contributed by atoms with Crippen LogP contribution in [-0.4, -0.2) is 56.9 Å². The van der Waals surface area contributed by atoms with Crippen LogP contribution in [0.4, 0.5) is 11.4 Å². The third-order valence-corrected chi connectivity index (χ3v) is 5.54. The van der Waals surface area contributed by atoms with Crippen LogP contribution in [0.25, 0.3) is 0 Å². The van der Waals surface area contributed by atoms with Crippen LogP contribution in [0.5, 0.6) is 0 Å². The highest BCUT2D eigenvalue weighted by molar-refractivity contribution is 6.04. The van der Waals surface area contributed by atoms with E-state index in [1.165, 1.54) is 0 Å². The lowest BCUT2D eigenvalue weighted by Crippen LogP contribution is -2.38. The molecule has 0 bridgehead atoms. The summed E-state index contributed by atoms with van der Waals surface area (Å²) in [6, 6.07) is 17.1. The van der Waals surface area contributed by atoms with Gasteiger partial charge < -0.3 is 35.1 Å². The fourth-order valence-corrected chi connectivity index (χ4v) is 3.89.